The summed E-state index contributed by atoms with van der Waals surface area (Å²) in [5, 5.41) is 4.21. The summed E-state index contributed by atoms with van der Waals surface area (Å²) in [6, 6.07) is 4.87. The van der Waals surface area contributed by atoms with Crippen LogP contribution >= 0.6 is 23.2 Å². The third kappa shape index (κ3) is 4.10. The van der Waals surface area contributed by atoms with Gasteiger partial charge >= 0.3 is 5.97 Å². The fraction of sp³-hybridized carbons (Fsp3) is 0.533. The van der Waals surface area contributed by atoms with Crippen molar-refractivity contribution in [2.45, 2.75) is 19.4 Å². The Bertz CT molecular complexity index is 489. The summed E-state index contributed by atoms with van der Waals surface area (Å²) < 4.78 is 5.24. The lowest BCUT2D eigenvalue weighted by molar-refractivity contribution is -0.149. The molecule has 2 rings (SSSR count). The normalized spacial score (nSPS) is 18.0. The van der Waals surface area contributed by atoms with Crippen LogP contribution in [-0.2, 0) is 9.53 Å². The average molecular weight is 331 g/mol. The van der Waals surface area contributed by atoms with Crippen LogP contribution in [0.4, 0.5) is 0 Å². The highest BCUT2D eigenvalue weighted by atomic mass is 35.5. The number of hydrogen-bond donors (Lipinski definition) is 1. The lowest BCUT2D eigenvalue weighted by atomic mass is 10.0. The molecule has 0 saturated carbocycles. The van der Waals surface area contributed by atoms with Crippen LogP contribution in [0.2, 0.25) is 10.0 Å². The second-order valence-corrected chi connectivity index (χ2v) is 5.72. The van der Waals surface area contributed by atoms with Crippen LogP contribution in [0.1, 0.15) is 24.9 Å². The van der Waals surface area contributed by atoms with Gasteiger partial charge in [-0.3, -0.25) is 4.90 Å². The van der Waals surface area contributed by atoms with Gasteiger partial charge in [0.2, 0.25) is 0 Å². The molecular formula is C15H20Cl2N2O2. The fourth-order valence-electron chi connectivity index (χ4n) is 2.55. The number of carbonyl (C=O) groups is 1. The van der Waals surface area contributed by atoms with E-state index in [0.29, 0.717) is 22.2 Å². The van der Waals surface area contributed by atoms with Crippen molar-refractivity contribution in [1.29, 1.82) is 0 Å². The quantitative estimate of drug-likeness (QED) is 0.862. The van der Waals surface area contributed by atoms with E-state index in [4.69, 9.17) is 27.9 Å². The molecule has 21 heavy (non-hydrogen) atoms. The zero-order valence-corrected chi connectivity index (χ0v) is 13.6. The number of halogens is 2. The molecule has 1 saturated heterocycles. The van der Waals surface area contributed by atoms with E-state index >= 15 is 0 Å². The van der Waals surface area contributed by atoms with E-state index in [2.05, 4.69) is 10.2 Å². The van der Waals surface area contributed by atoms with Crippen LogP contribution in [-0.4, -0.2) is 43.7 Å². The van der Waals surface area contributed by atoms with Crippen molar-refractivity contribution in [1.82, 2.24) is 10.2 Å². The second kappa shape index (κ2) is 7.99. The number of nitrogens with one attached hydrogen (secondary N) is 1. The van der Waals surface area contributed by atoms with Crippen molar-refractivity contribution < 1.29 is 9.53 Å². The minimum Gasteiger partial charge on any atom is -0.465 e. The Morgan fingerprint density at radius 1 is 1.38 bits per heavy atom. The van der Waals surface area contributed by atoms with Crippen LogP contribution in [0.25, 0.3) is 0 Å². The zero-order valence-electron chi connectivity index (χ0n) is 12.1. The first-order chi connectivity index (χ1) is 10.1. The van der Waals surface area contributed by atoms with Gasteiger partial charge in [-0.15, -0.1) is 0 Å². The highest BCUT2D eigenvalue weighted by Crippen LogP contribution is 2.33. The first kappa shape index (κ1) is 16.6. The minimum absolute atomic E-state index is 0.274. The van der Waals surface area contributed by atoms with E-state index in [-0.39, 0.29) is 5.97 Å². The van der Waals surface area contributed by atoms with E-state index in [1.807, 2.05) is 12.1 Å². The highest BCUT2D eigenvalue weighted by Gasteiger charge is 2.31. The van der Waals surface area contributed by atoms with Gasteiger partial charge < -0.3 is 10.1 Å². The Hall–Kier alpha value is -0.810. The smallest absolute Gasteiger partial charge is 0.328 e. The van der Waals surface area contributed by atoms with Crippen molar-refractivity contribution >= 4 is 29.2 Å². The summed E-state index contributed by atoms with van der Waals surface area (Å²) in [5.74, 6) is -0.274. The molecule has 0 bridgehead atoms. The second-order valence-electron chi connectivity index (χ2n) is 4.94. The van der Waals surface area contributed by atoms with Gasteiger partial charge in [0.25, 0.3) is 0 Å². The van der Waals surface area contributed by atoms with Gasteiger partial charge in [-0.25, -0.2) is 4.79 Å². The van der Waals surface area contributed by atoms with Crippen LogP contribution < -0.4 is 5.32 Å². The van der Waals surface area contributed by atoms with Gasteiger partial charge in [0.05, 0.1) is 16.7 Å². The topological polar surface area (TPSA) is 41.6 Å². The molecule has 1 atom stereocenters. The summed E-state index contributed by atoms with van der Waals surface area (Å²) in [5.41, 5.74) is 0.713. The van der Waals surface area contributed by atoms with Crippen LogP contribution in [0.3, 0.4) is 0 Å². The Morgan fingerprint density at radius 3 is 2.95 bits per heavy atom. The molecule has 1 fully saturated rings. The highest BCUT2D eigenvalue weighted by molar-refractivity contribution is 6.42. The Morgan fingerprint density at radius 2 is 2.19 bits per heavy atom. The molecule has 1 heterocycles. The van der Waals surface area contributed by atoms with Gasteiger partial charge in [-0.05, 0) is 26.0 Å². The van der Waals surface area contributed by atoms with Gasteiger partial charge in [0.15, 0.2) is 0 Å². The predicted octanol–water partition coefficient (Wildman–Crippen LogP) is 2.89. The molecule has 1 unspecified atom stereocenters. The number of carbonyl (C=O) groups excluding carboxylic acids is 1. The van der Waals surface area contributed by atoms with E-state index < -0.39 is 6.04 Å². The molecule has 116 valence electrons. The van der Waals surface area contributed by atoms with E-state index in [1.165, 1.54) is 0 Å². The summed E-state index contributed by atoms with van der Waals surface area (Å²) in [4.78, 5) is 14.5. The molecule has 0 radical (unpaired) electrons. The largest absolute Gasteiger partial charge is 0.465 e. The maximum absolute atomic E-state index is 12.4. The minimum atomic E-state index is -0.504. The van der Waals surface area contributed by atoms with Crippen molar-refractivity contribution in [3.63, 3.8) is 0 Å². The maximum atomic E-state index is 12.4. The van der Waals surface area contributed by atoms with Gasteiger partial charge in [0, 0.05) is 25.2 Å². The Balaban J connectivity index is 2.34. The van der Waals surface area contributed by atoms with Gasteiger partial charge in [-0.2, -0.15) is 0 Å². The SMILES string of the molecule is CCOC(=O)C(c1cccc(Cl)c1Cl)N1CCCNCC1. The number of rotatable bonds is 4. The van der Waals surface area contributed by atoms with Crippen LogP contribution in [0, 0.1) is 0 Å². The van der Waals surface area contributed by atoms with E-state index in [0.717, 1.165) is 32.6 Å². The molecule has 6 heteroatoms. The molecule has 0 amide bonds. The molecule has 1 aliphatic rings. The van der Waals surface area contributed by atoms with Gasteiger partial charge in [-0.1, -0.05) is 35.3 Å². The third-order valence-corrected chi connectivity index (χ3v) is 4.36. The molecule has 0 spiro atoms. The number of benzene rings is 1. The molecule has 1 N–H and O–H groups in total. The third-order valence-electron chi connectivity index (χ3n) is 3.53. The lowest BCUT2D eigenvalue weighted by Gasteiger charge is -2.29. The van der Waals surface area contributed by atoms with Crippen molar-refractivity contribution in [3.8, 4) is 0 Å². The number of esters is 1. The van der Waals surface area contributed by atoms with E-state index in [1.54, 1.807) is 13.0 Å². The Labute approximate surface area is 135 Å². The van der Waals surface area contributed by atoms with Crippen molar-refractivity contribution in [2.24, 2.45) is 0 Å². The van der Waals surface area contributed by atoms with Crippen molar-refractivity contribution in [2.75, 3.05) is 32.8 Å². The number of hydrogen-bond acceptors (Lipinski definition) is 4. The molecule has 1 aliphatic heterocycles. The number of nitrogens with zero attached hydrogens (tertiary/aromatic N) is 1. The Kier molecular flexibility index (Phi) is 6.30. The number of ether oxygens (including phenoxy) is 1. The monoisotopic (exact) mass is 330 g/mol. The average Bonchev–Trinajstić information content (AvgIpc) is 2.73. The summed E-state index contributed by atoms with van der Waals surface area (Å²) >= 11 is 12.4. The fourth-order valence-corrected chi connectivity index (χ4v) is 2.96. The molecule has 4 nitrogen and oxygen atoms in total. The molecule has 1 aromatic carbocycles. The predicted molar refractivity (Wildman–Crippen MR) is 84.9 cm³/mol. The summed E-state index contributed by atoms with van der Waals surface area (Å²) in [7, 11) is 0. The first-order valence-electron chi connectivity index (χ1n) is 7.20. The van der Waals surface area contributed by atoms with Crippen LogP contribution in [0.5, 0.6) is 0 Å². The van der Waals surface area contributed by atoms with Gasteiger partial charge in [0.1, 0.15) is 6.04 Å². The van der Waals surface area contributed by atoms with Crippen molar-refractivity contribution in [3.05, 3.63) is 33.8 Å². The van der Waals surface area contributed by atoms with Crippen LogP contribution in [0.15, 0.2) is 18.2 Å². The molecular weight excluding hydrogens is 311 g/mol. The molecule has 1 aromatic rings. The molecule has 0 aliphatic carbocycles. The standard InChI is InChI=1S/C15H20Cl2N2O2/c1-2-21-15(20)14(19-9-4-7-18-8-10-19)11-5-3-6-12(16)13(11)17/h3,5-6,14,18H,2,4,7-10H2,1H3. The summed E-state index contributed by atoms with van der Waals surface area (Å²) in [6.07, 6.45) is 0.980. The van der Waals surface area contributed by atoms with E-state index in [9.17, 15) is 4.79 Å². The first-order valence-corrected chi connectivity index (χ1v) is 7.96. The summed E-state index contributed by atoms with van der Waals surface area (Å²) in [6.45, 7) is 5.53. The zero-order chi connectivity index (χ0) is 15.2. The lowest BCUT2D eigenvalue weighted by Crippen LogP contribution is -2.37. The molecule has 0 aromatic heterocycles. The maximum Gasteiger partial charge on any atom is 0.328 e.